The molecule has 1 amide bonds. The van der Waals surface area contributed by atoms with Gasteiger partial charge in [-0.3, -0.25) is 10.2 Å². The Kier molecular flexibility index (Phi) is 3.68. The molecule has 0 saturated carbocycles. The average Bonchev–Trinajstić information content (AvgIpc) is 2.09. The highest BCUT2D eigenvalue weighted by atomic mass is 16.2. The first-order valence-corrected chi connectivity index (χ1v) is 4.32. The van der Waals surface area contributed by atoms with Crippen LogP contribution in [0.15, 0.2) is 0 Å². The molecule has 5 nitrogen and oxygen atoms in total. The number of hydrogen-bond donors (Lipinski definition) is 1. The van der Waals surface area contributed by atoms with Crippen LogP contribution in [0.5, 0.6) is 0 Å². The summed E-state index contributed by atoms with van der Waals surface area (Å²) in [5.74, 6) is -0.216. The highest BCUT2D eigenvalue weighted by molar-refractivity contribution is 5.77. The Morgan fingerprint density at radius 1 is 1.46 bits per heavy atom. The summed E-state index contributed by atoms with van der Waals surface area (Å²) in [7, 11) is 2.05. The Bertz CT molecular complexity index is 215. The highest BCUT2D eigenvalue weighted by Crippen LogP contribution is 1.95. The lowest BCUT2D eigenvalue weighted by Gasteiger charge is -2.32. The smallest absolute Gasteiger partial charge is 0.248 e. The lowest BCUT2D eigenvalue weighted by Crippen LogP contribution is -2.52. The third kappa shape index (κ3) is 3.40. The van der Waals surface area contributed by atoms with Crippen LogP contribution < -0.4 is 5.43 Å². The van der Waals surface area contributed by atoms with E-state index in [4.69, 9.17) is 5.26 Å². The molecule has 1 heterocycles. The molecule has 1 fully saturated rings. The van der Waals surface area contributed by atoms with Gasteiger partial charge < -0.3 is 4.90 Å². The van der Waals surface area contributed by atoms with Crippen LogP contribution in [0.1, 0.15) is 6.42 Å². The zero-order valence-electron chi connectivity index (χ0n) is 7.79. The summed E-state index contributed by atoms with van der Waals surface area (Å²) in [4.78, 5) is 13.2. The molecule has 5 heteroatoms. The number of carbonyl (C=O) groups is 1. The summed E-state index contributed by atoms with van der Waals surface area (Å²) in [5.41, 5.74) is 2.69. The Morgan fingerprint density at radius 3 is 2.62 bits per heavy atom. The molecule has 1 rings (SSSR count). The second-order valence-electron chi connectivity index (χ2n) is 3.16. The second kappa shape index (κ2) is 4.80. The van der Waals surface area contributed by atoms with Crippen molar-refractivity contribution >= 4 is 5.91 Å². The van der Waals surface area contributed by atoms with E-state index in [1.165, 1.54) is 0 Å². The van der Waals surface area contributed by atoms with Crippen LogP contribution in [-0.4, -0.2) is 49.0 Å². The molecule has 1 saturated heterocycles. The Hall–Kier alpha value is -1.12. The van der Waals surface area contributed by atoms with Crippen molar-refractivity contribution in [1.29, 1.82) is 5.26 Å². The summed E-state index contributed by atoms with van der Waals surface area (Å²) >= 11 is 0. The minimum absolute atomic E-state index is 0.0632. The largest absolute Gasteiger partial charge is 0.304 e. The summed E-state index contributed by atoms with van der Waals surface area (Å²) in [6, 6.07) is 1.82. The number of piperazine rings is 1. The van der Waals surface area contributed by atoms with Crippen molar-refractivity contribution in [2.75, 3.05) is 33.2 Å². The van der Waals surface area contributed by atoms with Gasteiger partial charge in [0.2, 0.25) is 5.91 Å². The topological polar surface area (TPSA) is 59.4 Å². The lowest BCUT2D eigenvalue weighted by molar-refractivity contribution is -0.125. The fraction of sp³-hybridized carbons (Fsp3) is 0.750. The first-order chi connectivity index (χ1) is 6.22. The van der Waals surface area contributed by atoms with Crippen LogP contribution in [0.3, 0.4) is 0 Å². The maximum Gasteiger partial charge on any atom is 0.248 e. The van der Waals surface area contributed by atoms with Crippen molar-refractivity contribution < 1.29 is 4.79 Å². The molecule has 0 radical (unpaired) electrons. The van der Waals surface area contributed by atoms with E-state index in [1.807, 2.05) is 11.1 Å². The van der Waals surface area contributed by atoms with Gasteiger partial charge in [0, 0.05) is 26.2 Å². The molecular weight excluding hydrogens is 168 g/mol. The van der Waals surface area contributed by atoms with Crippen LogP contribution in [0.4, 0.5) is 0 Å². The van der Waals surface area contributed by atoms with E-state index in [0.29, 0.717) is 0 Å². The lowest BCUT2D eigenvalue weighted by atomic mass is 10.4. The summed E-state index contributed by atoms with van der Waals surface area (Å²) in [5, 5.41) is 10.1. The molecule has 0 atom stereocenters. The number of likely N-dealkylation sites (N-methyl/N-ethyl adjacent to an activating group) is 1. The molecule has 0 bridgehead atoms. The zero-order valence-corrected chi connectivity index (χ0v) is 7.79. The number of hydrogen-bond acceptors (Lipinski definition) is 4. The van der Waals surface area contributed by atoms with Crippen molar-refractivity contribution in [2.24, 2.45) is 0 Å². The number of nitrogens with zero attached hydrogens (tertiary/aromatic N) is 3. The summed E-state index contributed by atoms with van der Waals surface area (Å²) in [6.45, 7) is 3.56. The van der Waals surface area contributed by atoms with Gasteiger partial charge >= 0.3 is 0 Å². The number of nitriles is 1. The monoisotopic (exact) mass is 182 g/mol. The van der Waals surface area contributed by atoms with Crippen molar-refractivity contribution in [2.45, 2.75) is 6.42 Å². The van der Waals surface area contributed by atoms with Crippen LogP contribution in [-0.2, 0) is 4.79 Å². The van der Waals surface area contributed by atoms with E-state index in [1.54, 1.807) is 0 Å². The van der Waals surface area contributed by atoms with Gasteiger partial charge in [-0.1, -0.05) is 0 Å². The number of hydrazine groups is 1. The maximum atomic E-state index is 11.0. The van der Waals surface area contributed by atoms with Gasteiger partial charge in [0.15, 0.2) is 0 Å². The SMILES string of the molecule is CN1CCN(NC(=O)CC#N)CC1. The van der Waals surface area contributed by atoms with Crippen molar-refractivity contribution in [1.82, 2.24) is 15.3 Å². The van der Waals surface area contributed by atoms with Crippen molar-refractivity contribution in [3.05, 3.63) is 0 Å². The molecule has 0 aliphatic carbocycles. The van der Waals surface area contributed by atoms with Gasteiger partial charge in [-0.05, 0) is 7.05 Å². The normalized spacial score (nSPS) is 19.4. The van der Waals surface area contributed by atoms with Gasteiger partial charge in [0.05, 0.1) is 6.07 Å². The van der Waals surface area contributed by atoms with Crippen LogP contribution in [0, 0.1) is 11.3 Å². The van der Waals surface area contributed by atoms with E-state index in [0.717, 1.165) is 26.2 Å². The minimum atomic E-state index is -0.216. The van der Waals surface area contributed by atoms with Gasteiger partial charge in [0.1, 0.15) is 6.42 Å². The van der Waals surface area contributed by atoms with E-state index in [2.05, 4.69) is 17.4 Å². The molecule has 0 aromatic carbocycles. The Balaban J connectivity index is 2.23. The standard InChI is InChI=1S/C8H14N4O/c1-11-4-6-12(7-5-11)10-8(13)2-3-9/h2,4-7H2,1H3,(H,10,13). The molecule has 1 aliphatic heterocycles. The second-order valence-corrected chi connectivity index (χ2v) is 3.16. The van der Waals surface area contributed by atoms with Crippen molar-refractivity contribution in [3.8, 4) is 6.07 Å². The molecule has 72 valence electrons. The molecule has 0 spiro atoms. The number of rotatable bonds is 2. The van der Waals surface area contributed by atoms with Gasteiger partial charge in [-0.15, -0.1) is 0 Å². The summed E-state index contributed by atoms with van der Waals surface area (Å²) in [6.07, 6.45) is -0.0632. The third-order valence-corrected chi connectivity index (χ3v) is 2.03. The quantitative estimate of drug-likeness (QED) is 0.606. The van der Waals surface area contributed by atoms with E-state index in [-0.39, 0.29) is 12.3 Å². The predicted octanol–water partition coefficient (Wildman–Crippen LogP) is -0.821. The molecule has 1 aliphatic rings. The number of amides is 1. The molecular formula is C8H14N4O. The Morgan fingerprint density at radius 2 is 2.08 bits per heavy atom. The van der Waals surface area contributed by atoms with E-state index in [9.17, 15) is 4.79 Å². The molecule has 0 aromatic rings. The third-order valence-electron chi connectivity index (χ3n) is 2.03. The van der Waals surface area contributed by atoms with Crippen LogP contribution in [0.2, 0.25) is 0 Å². The first kappa shape index (κ1) is 9.96. The van der Waals surface area contributed by atoms with Gasteiger partial charge in [-0.25, -0.2) is 5.01 Å². The highest BCUT2D eigenvalue weighted by Gasteiger charge is 2.14. The summed E-state index contributed by atoms with van der Waals surface area (Å²) < 4.78 is 0. The van der Waals surface area contributed by atoms with E-state index >= 15 is 0 Å². The van der Waals surface area contributed by atoms with Gasteiger partial charge in [-0.2, -0.15) is 5.26 Å². The minimum Gasteiger partial charge on any atom is -0.304 e. The fourth-order valence-electron chi connectivity index (χ4n) is 1.21. The molecule has 13 heavy (non-hydrogen) atoms. The zero-order chi connectivity index (χ0) is 9.68. The van der Waals surface area contributed by atoms with Crippen LogP contribution >= 0.6 is 0 Å². The molecule has 1 N–H and O–H groups in total. The van der Waals surface area contributed by atoms with Gasteiger partial charge in [0.25, 0.3) is 0 Å². The maximum absolute atomic E-state index is 11.0. The number of carbonyl (C=O) groups excluding carboxylic acids is 1. The first-order valence-electron chi connectivity index (χ1n) is 4.32. The Labute approximate surface area is 77.9 Å². The average molecular weight is 182 g/mol. The molecule has 0 aromatic heterocycles. The number of nitrogens with one attached hydrogen (secondary N) is 1. The van der Waals surface area contributed by atoms with E-state index < -0.39 is 0 Å². The molecule has 0 unspecified atom stereocenters. The van der Waals surface area contributed by atoms with Crippen LogP contribution in [0.25, 0.3) is 0 Å². The van der Waals surface area contributed by atoms with Crippen molar-refractivity contribution in [3.63, 3.8) is 0 Å². The fourth-order valence-corrected chi connectivity index (χ4v) is 1.21. The predicted molar refractivity (Wildman–Crippen MR) is 47.4 cm³/mol.